The number of nitrogens with zero attached hydrogens (tertiary/aromatic N) is 3. The van der Waals surface area contributed by atoms with E-state index in [0.29, 0.717) is 23.5 Å². The van der Waals surface area contributed by atoms with Crippen molar-refractivity contribution >= 4 is 21.7 Å². The van der Waals surface area contributed by atoms with Gasteiger partial charge in [-0.3, -0.25) is 4.79 Å². The van der Waals surface area contributed by atoms with Crippen molar-refractivity contribution in [1.29, 1.82) is 0 Å². The van der Waals surface area contributed by atoms with Gasteiger partial charge in [0.2, 0.25) is 0 Å². The minimum atomic E-state index is -4.42. The number of anilines is 1. The number of amides is 1. The molecule has 3 aromatic rings. The van der Waals surface area contributed by atoms with Crippen molar-refractivity contribution in [2.75, 3.05) is 44.1 Å². The van der Waals surface area contributed by atoms with Crippen LogP contribution in [0.1, 0.15) is 44.2 Å². The molecule has 5 rings (SSSR count). The van der Waals surface area contributed by atoms with Gasteiger partial charge in [-0.05, 0) is 69.6 Å². The molecule has 0 aliphatic carbocycles. The fourth-order valence-corrected chi connectivity index (χ4v) is 7.24. The van der Waals surface area contributed by atoms with Gasteiger partial charge < -0.3 is 19.7 Å². The summed E-state index contributed by atoms with van der Waals surface area (Å²) in [5.41, 5.74) is -1.19. The van der Waals surface area contributed by atoms with Crippen LogP contribution in [0, 0.1) is 5.82 Å². The fraction of sp³-hybridized carbons (Fsp3) is 0.419. The van der Waals surface area contributed by atoms with Crippen LogP contribution in [0.25, 0.3) is 0 Å². The predicted molar refractivity (Wildman–Crippen MR) is 158 cm³/mol. The van der Waals surface area contributed by atoms with Gasteiger partial charge >= 0.3 is 0 Å². The zero-order valence-electron chi connectivity index (χ0n) is 24.2. The minimum Gasteiger partial charge on any atom is -0.495 e. The molecule has 1 aromatic heterocycles. The molecule has 1 fully saturated rings. The second-order valence-corrected chi connectivity index (χ2v) is 12.7. The molecule has 224 valence electrons. The number of fused-ring (bicyclic) bond motifs is 1. The number of unbranched alkanes of at least 4 members (excludes halogenated alkanes) is 1. The highest BCUT2D eigenvalue weighted by Crippen LogP contribution is 2.51. The van der Waals surface area contributed by atoms with Crippen molar-refractivity contribution in [1.82, 2.24) is 15.2 Å². The Hall–Kier alpha value is -3.54. The standard InChI is InChI=1S/C31H37FN4O5S/c1-22(2)41-23-10-12-25(13-11-23)42(38,39)36-29-27(20-24(40-3)21-34-29)31(30(36)37,26-8-4-5-9-28(26)32)14-6-7-17-35-18-15-33-16-19-35/h4-5,8-13,20-22,33H,6-7,14-19H2,1-3H3. The van der Waals surface area contributed by atoms with Gasteiger partial charge in [0, 0.05) is 37.3 Å². The lowest BCUT2D eigenvalue weighted by Crippen LogP contribution is -2.45. The summed E-state index contributed by atoms with van der Waals surface area (Å²) in [6.07, 6.45) is 2.81. The molecule has 1 saturated heterocycles. The lowest BCUT2D eigenvalue weighted by molar-refractivity contribution is -0.121. The number of hydrogen-bond donors (Lipinski definition) is 1. The number of sulfonamides is 1. The maximum absolute atomic E-state index is 15.6. The first-order chi connectivity index (χ1) is 20.2. The number of piperazine rings is 1. The molecular formula is C31H37FN4O5S. The Bertz CT molecular complexity index is 1530. The van der Waals surface area contributed by atoms with Crippen LogP contribution in [0.15, 0.2) is 65.7 Å². The molecule has 0 bridgehead atoms. The van der Waals surface area contributed by atoms with E-state index in [0.717, 1.165) is 43.4 Å². The first-order valence-corrected chi connectivity index (χ1v) is 15.7. The molecule has 2 aromatic carbocycles. The number of benzene rings is 2. The van der Waals surface area contributed by atoms with Gasteiger partial charge in [0.15, 0.2) is 5.82 Å². The number of pyridine rings is 1. The molecule has 0 radical (unpaired) electrons. The molecule has 11 heteroatoms. The highest BCUT2D eigenvalue weighted by Gasteiger charge is 2.57. The number of nitrogens with one attached hydrogen (secondary N) is 1. The topological polar surface area (TPSA) is 101 Å². The summed E-state index contributed by atoms with van der Waals surface area (Å²) in [5, 5.41) is 3.34. The van der Waals surface area contributed by atoms with E-state index in [-0.39, 0.29) is 28.8 Å². The number of ether oxygens (including phenoxy) is 2. The van der Waals surface area contributed by atoms with E-state index in [2.05, 4.69) is 15.2 Å². The van der Waals surface area contributed by atoms with E-state index >= 15 is 4.39 Å². The van der Waals surface area contributed by atoms with E-state index < -0.39 is 27.2 Å². The maximum Gasteiger partial charge on any atom is 0.272 e. The number of aromatic nitrogens is 1. The van der Waals surface area contributed by atoms with Crippen LogP contribution >= 0.6 is 0 Å². The van der Waals surface area contributed by atoms with Crippen molar-refractivity contribution in [2.45, 2.75) is 49.5 Å². The van der Waals surface area contributed by atoms with Gasteiger partial charge in [0.1, 0.15) is 22.7 Å². The minimum absolute atomic E-state index is 0.0475. The average molecular weight is 597 g/mol. The van der Waals surface area contributed by atoms with Crippen LogP contribution in [-0.2, 0) is 20.2 Å². The van der Waals surface area contributed by atoms with E-state index in [1.807, 2.05) is 13.8 Å². The molecule has 42 heavy (non-hydrogen) atoms. The Morgan fingerprint density at radius 2 is 1.74 bits per heavy atom. The summed E-state index contributed by atoms with van der Waals surface area (Å²) >= 11 is 0. The van der Waals surface area contributed by atoms with Crippen LogP contribution in [0.2, 0.25) is 0 Å². The SMILES string of the molecule is COc1cnc2c(c1)C(CCCCN1CCNCC1)(c1ccccc1F)C(=O)N2S(=O)(=O)c1ccc(OC(C)C)cc1. The Labute approximate surface area is 246 Å². The summed E-state index contributed by atoms with van der Waals surface area (Å²) < 4.78 is 55.7. The van der Waals surface area contributed by atoms with Gasteiger partial charge in [-0.15, -0.1) is 0 Å². The first kappa shape index (κ1) is 29.9. The van der Waals surface area contributed by atoms with Gasteiger partial charge in [-0.25, -0.2) is 17.8 Å². The lowest BCUT2D eigenvalue weighted by atomic mass is 9.72. The zero-order valence-corrected chi connectivity index (χ0v) is 25.0. The molecule has 1 N–H and O–H groups in total. The molecule has 2 aliphatic heterocycles. The van der Waals surface area contributed by atoms with Crippen molar-refractivity contribution in [2.24, 2.45) is 0 Å². The molecule has 0 spiro atoms. The molecule has 9 nitrogen and oxygen atoms in total. The van der Waals surface area contributed by atoms with E-state index in [4.69, 9.17) is 9.47 Å². The largest absolute Gasteiger partial charge is 0.495 e. The second kappa shape index (κ2) is 12.4. The van der Waals surface area contributed by atoms with Gasteiger partial charge in [-0.2, -0.15) is 4.31 Å². The Balaban J connectivity index is 1.58. The van der Waals surface area contributed by atoms with Crippen LogP contribution in [0.3, 0.4) is 0 Å². The molecule has 2 aliphatic rings. The summed E-state index contributed by atoms with van der Waals surface area (Å²) in [6.45, 7) is 8.30. The Kier molecular flexibility index (Phi) is 8.81. The summed E-state index contributed by atoms with van der Waals surface area (Å²) in [6, 6.07) is 13.6. The van der Waals surface area contributed by atoms with Crippen LogP contribution in [-0.4, -0.2) is 70.1 Å². The van der Waals surface area contributed by atoms with E-state index in [1.165, 1.54) is 31.5 Å². The highest BCUT2D eigenvalue weighted by molar-refractivity contribution is 7.93. The Morgan fingerprint density at radius 1 is 1.02 bits per heavy atom. The van der Waals surface area contributed by atoms with Gasteiger partial charge in [-0.1, -0.05) is 24.6 Å². The third-order valence-electron chi connectivity index (χ3n) is 7.83. The number of carbonyl (C=O) groups excluding carboxylic acids is 1. The second-order valence-electron chi connectivity index (χ2n) is 10.9. The van der Waals surface area contributed by atoms with Crippen molar-refractivity contribution in [3.05, 3.63) is 77.7 Å². The Morgan fingerprint density at radius 3 is 2.40 bits per heavy atom. The normalized spacial score (nSPS) is 19.3. The average Bonchev–Trinajstić information content (AvgIpc) is 3.24. The third kappa shape index (κ3) is 5.60. The molecular weight excluding hydrogens is 559 g/mol. The van der Waals surface area contributed by atoms with E-state index in [1.54, 1.807) is 36.4 Å². The molecule has 1 amide bonds. The maximum atomic E-state index is 15.6. The number of hydrogen-bond acceptors (Lipinski definition) is 8. The molecule has 3 heterocycles. The van der Waals surface area contributed by atoms with Crippen molar-refractivity contribution in [3.63, 3.8) is 0 Å². The van der Waals surface area contributed by atoms with Crippen LogP contribution < -0.4 is 19.1 Å². The highest BCUT2D eigenvalue weighted by atomic mass is 32.2. The van der Waals surface area contributed by atoms with Gasteiger partial charge in [0.25, 0.3) is 15.9 Å². The smallest absolute Gasteiger partial charge is 0.272 e. The number of carbonyl (C=O) groups is 1. The molecule has 1 atom stereocenters. The lowest BCUT2D eigenvalue weighted by Gasteiger charge is -2.31. The molecule has 1 unspecified atom stereocenters. The summed E-state index contributed by atoms with van der Waals surface area (Å²) in [7, 11) is -2.95. The predicted octanol–water partition coefficient (Wildman–Crippen LogP) is 4.11. The zero-order chi connectivity index (χ0) is 29.9. The van der Waals surface area contributed by atoms with Crippen molar-refractivity contribution < 1.29 is 27.1 Å². The monoisotopic (exact) mass is 596 g/mol. The van der Waals surface area contributed by atoms with Crippen molar-refractivity contribution in [3.8, 4) is 11.5 Å². The number of halogens is 1. The quantitative estimate of drug-likeness (QED) is 0.330. The summed E-state index contributed by atoms with van der Waals surface area (Å²) in [4.78, 5) is 21.3. The van der Waals surface area contributed by atoms with Crippen LogP contribution in [0.5, 0.6) is 11.5 Å². The summed E-state index contributed by atoms with van der Waals surface area (Å²) in [5.74, 6) is -0.541. The van der Waals surface area contributed by atoms with Crippen LogP contribution in [0.4, 0.5) is 10.2 Å². The number of methoxy groups -OCH3 is 1. The van der Waals surface area contributed by atoms with Gasteiger partial charge in [0.05, 0.1) is 24.3 Å². The van der Waals surface area contributed by atoms with E-state index in [9.17, 15) is 13.2 Å². The number of rotatable bonds is 11. The third-order valence-corrected chi connectivity index (χ3v) is 9.52. The first-order valence-electron chi connectivity index (χ1n) is 14.3. The fourth-order valence-electron chi connectivity index (χ4n) is 5.81. The molecule has 0 saturated carbocycles.